The molecule has 1 aliphatic rings. The molecule has 1 aromatic carbocycles. The van der Waals surface area contributed by atoms with Crippen LogP contribution in [0.3, 0.4) is 0 Å². The second-order valence-corrected chi connectivity index (χ2v) is 3.36. The molecule has 2 N–H and O–H groups in total. The highest BCUT2D eigenvalue weighted by molar-refractivity contribution is 5.36. The Bertz CT molecular complexity index is 325. The highest BCUT2D eigenvalue weighted by atomic mass is 19.1. The van der Waals surface area contributed by atoms with Crippen molar-refractivity contribution in [1.29, 1.82) is 0 Å². The van der Waals surface area contributed by atoms with Crippen molar-refractivity contribution in [3.05, 3.63) is 34.6 Å². The van der Waals surface area contributed by atoms with Crippen LogP contribution in [0.2, 0.25) is 0 Å². The lowest BCUT2D eigenvalue weighted by Gasteiger charge is -2.06. The molecule has 0 bridgehead atoms. The van der Waals surface area contributed by atoms with Crippen molar-refractivity contribution in [3.63, 3.8) is 0 Å². The maximum Gasteiger partial charge on any atom is 0.131 e. The van der Waals surface area contributed by atoms with E-state index in [4.69, 9.17) is 5.21 Å². The molecule has 1 aromatic rings. The largest absolute Gasteiger partial charge is 0.316 e. The first-order chi connectivity index (χ1) is 6.33. The normalized spacial score (nSPS) is 14.6. The second-order valence-electron chi connectivity index (χ2n) is 3.36. The lowest BCUT2D eigenvalue weighted by Crippen LogP contribution is -2.09. The smallest absolute Gasteiger partial charge is 0.131 e. The first kappa shape index (κ1) is 8.66. The van der Waals surface area contributed by atoms with Gasteiger partial charge in [-0.2, -0.15) is 0 Å². The van der Waals surface area contributed by atoms with E-state index in [1.807, 2.05) is 11.5 Å². The van der Waals surface area contributed by atoms with Crippen LogP contribution >= 0.6 is 0 Å². The molecule has 0 fully saturated rings. The number of fused-ring (bicyclic) bond motifs is 1. The molecule has 0 radical (unpaired) electrons. The van der Waals surface area contributed by atoms with E-state index < -0.39 is 0 Å². The zero-order valence-electron chi connectivity index (χ0n) is 7.31. The van der Waals surface area contributed by atoms with Crippen LogP contribution in [0.25, 0.3) is 0 Å². The average molecular weight is 181 g/mol. The van der Waals surface area contributed by atoms with E-state index in [0.29, 0.717) is 5.56 Å². The Kier molecular flexibility index (Phi) is 2.29. The SMILES string of the molecule is ONCc1ccc2c(c1F)CCC2. The summed E-state index contributed by atoms with van der Waals surface area (Å²) in [6.07, 6.45) is 2.86. The Morgan fingerprint density at radius 3 is 3.00 bits per heavy atom. The van der Waals surface area contributed by atoms with Gasteiger partial charge in [-0.05, 0) is 30.4 Å². The van der Waals surface area contributed by atoms with E-state index in [1.54, 1.807) is 6.07 Å². The first-order valence-electron chi connectivity index (χ1n) is 4.49. The van der Waals surface area contributed by atoms with Gasteiger partial charge in [0.1, 0.15) is 5.82 Å². The summed E-state index contributed by atoms with van der Waals surface area (Å²) in [5, 5.41) is 8.48. The zero-order chi connectivity index (χ0) is 9.26. The van der Waals surface area contributed by atoms with Crippen LogP contribution in [0, 0.1) is 5.82 Å². The number of aryl methyl sites for hydroxylation is 1. The van der Waals surface area contributed by atoms with Gasteiger partial charge in [-0.25, -0.2) is 9.87 Å². The van der Waals surface area contributed by atoms with Crippen LogP contribution in [0.1, 0.15) is 23.1 Å². The number of rotatable bonds is 2. The lowest BCUT2D eigenvalue weighted by atomic mass is 10.1. The highest BCUT2D eigenvalue weighted by Gasteiger charge is 2.17. The van der Waals surface area contributed by atoms with E-state index in [0.717, 1.165) is 30.4 Å². The molecule has 2 rings (SSSR count). The fourth-order valence-corrected chi connectivity index (χ4v) is 1.89. The van der Waals surface area contributed by atoms with E-state index in [2.05, 4.69) is 0 Å². The number of halogens is 1. The van der Waals surface area contributed by atoms with Crippen LogP contribution in [0.15, 0.2) is 12.1 Å². The molecule has 2 nitrogen and oxygen atoms in total. The van der Waals surface area contributed by atoms with Crippen LogP contribution in [0.4, 0.5) is 4.39 Å². The third-order valence-corrected chi connectivity index (χ3v) is 2.56. The van der Waals surface area contributed by atoms with Crippen molar-refractivity contribution in [2.24, 2.45) is 0 Å². The summed E-state index contributed by atoms with van der Waals surface area (Å²) < 4.78 is 13.6. The fourth-order valence-electron chi connectivity index (χ4n) is 1.89. The molecule has 0 aromatic heterocycles. The molecule has 0 amide bonds. The van der Waals surface area contributed by atoms with Gasteiger partial charge in [0.2, 0.25) is 0 Å². The molecule has 0 spiro atoms. The number of hydroxylamine groups is 1. The number of hydrogen-bond donors (Lipinski definition) is 2. The molecule has 3 heteroatoms. The minimum Gasteiger partial charge on any atom is -0.316 e. The molecular formula is C10H12FNO. The average Bonchev–Trinajstić information content (AvgIpc) is 2.58. The Morgan fingerprint density at radius 2 is 2.23 bits per heavy atom. The molecular weight excluding hydrogens is 169 g/mol. The summed E-state index contributed by atoms with van der Waals surface area (Å²) in [7, 11) is 0. The van der Waals surface area contributed by atoms with Gasteiger partial charge in [0.25, 0.3) is 0 Å². The molecule has 1 aliphatic carbocycles. The van der Waals surface area contributed by atoms with E-state index in [1.165, 1.54) is 0 Å². The highest BCUT2D eigenvalue weighted by Crippen LogP contribution is 2.26. The van der Waals surface area contributed by atoms with Crippen molar-refractivity contribution >= 4 is 0 Å². The van der Waals surface area contributed by atoms with Crippen LogP contribution < -0.4 is 5.48 Å². The zero-order valence-corrected chi connectivity index (χ0v) is 7.31. The van der Waals surface area contributed by atoms with E-state index in [-0.39, 0.29) is 12.4 Å². The van der Waals surface area contributed by atoms with Crippen LogP contribution in [0.5, 0.6) is 0 Å². The van der Waals surface area contributed by atoms with Gasteiger partial charge >= 0.3 is 0 Å². The quantitative estimate of drug-likeness (QED) is 0.682. The topological polar surface area (TPSA) is 32.3 Å². The molecule has 13 heavy (non-hydrogen) atoms. The fraction of sp³-hybridized carbons (Fsp3) is 0.400. The minimum absolute atomic E-state index is 0.142. The summed E-state index contributed by atoms with van der Waals surface area (Å²) in [5.74, 6) is -0.142. The summed E-state index contributed by atoms with van der Waals surface area (Å²) in [5.41, 5.74) is 4.49. The second kappa shape index (κ2) is 3.44. The van der Waals surface area contributed by atoms with Gasteiger partial charge in [-0.1, -0.05) is 12.1 Å². The predicted molar refractivity (Wildman–Crippen MR) is 47.1 cm³/mol. The van der Waals surface area contributed by atoms with Gasteiger partial charge < -0.3 is 5.21 Å². The van der Waals surface area contributed by atoms with Gasteiger partial charge in [-0.15, -0.1) is 0 Å². The third kappa shape index (κ3) is 1.45. The summed E-state index contributed by atoms with van der Waals surface area (Å²) >= 11 is 0. The molecule has 70 valence electrons. The van der Waals surface area contributed by atoms with Crippen molar-refractivity contribution in [1.82, 2.24) is 5.48 Å². The Labute approximate surface area is 76.3 Å². The maximum atomic E-state index is 13.6. The number of benzene rings is 1. The van der Waals surface area contributed by atoms with Crippen molar-refractivity contribution in [3.8, 4) is 0 Å². The number of hydrogen-bond acceptors (Lipinski definition) is 2. The third-order valence-electron chi connectivity index (χ3n) is 2.56. The monoisotopic (exact) mass is 181 g/mol. The Hall–Kier alpha value is -0.930. The molecule has 0 atom stereocenters. The Balaban J connectivity index is 2.40. The van der Waals surface area contributed by atoms with Crippen LogP contribution in [-0.2, 0) is 19.4 Å². The molecule has 0 saturated carbocycles. The van der Waals surface area contributed by atoms with Crippen molar-refractivity contribution in [2.45, 2.75) is 25.8 Å². The number of nitrogens with one attached hydrogen (secondary N) is 1. The molecule has 0 aliphatic heterocycles. The maximum absolute atomic E-state index is 13.6. The minimum atomic E-state index is -0.142. The lowest BCUT2D eigenvalue weighted by molar-refractivity contribution is 0.160. The standard InChI is InChI=1S/C10H12FNO/c11-10-8(6-12-13)5-4-7-2-1-3-9(7)10/h4-5,12-13H,1-3,6H2. The summed E-state index contributed by atoms with van der Waals surface area (Å²) in [6.45, 7) is 0.180. The van der Waals surface area contributed by atoms with Crippen molar-refractivity contribution < 1.29 is 9.60 Å². The van der Waals surface area contributed by atoms with Crippen LogP contribution in [-0.4, -0.2) is 5.21 Å². The van der Waals surface area contributed by atoms with E-state index >= 15 is 0 Å². The summed E-state index contributed by atoms with van der Waals surface area (Å²) in [6, 6.07) is 3.70. The molecule has 0 heterocycles. The van der Waals surface area contributed by atoms with Gasteiger partial charge in [0, 0.05) is 12.1 Å². The predicted octanol–water partition coefficient (Wildman–Crippen LogP) is 1.79. The molecule has 0 saturated heterocycles. The first-order valence-corrected chi connectivity index (χ1v) is 4.49. The van der Waals surface area contributed by atoms with Gasteiger partial charge in [-0.3, -0.25) is 0 Å². The Morgan fingerprint density at radius 1 is 1.38 bits per heavy atom. The van der Waals surface area contributed by atoms with Gasteiger partial charge in [0.05, 0.1) is 0 Å². The summed E-state index contributed by atoms with van der Waals surface area (Å²) in [4.78, 5) is 0. The molecule has 0 unspecified atom stereocenters. The van der Waals surface area contributed by atoms with E-state index in [9.17, 15) is 4.39 Å². The van der Waals surface area contributed by atoms with Gasteiger partial charge in [0.15, 0.2) is 0 Å². The van der Waals surface area contributed by atoms with Crippen molar-refractivity contribution in [2.75, 3.05) is 0 Å².